The van der Waals surface area contributed by atoms with Crippen LogP contribution < -0.4 is 5.32 Å². The van der Waals surface area contributed by atoms with Crippen molar-refractivity contribution in [1.29, 1.82) is 0 Å². The number of likely N-dealkylation sites (N-methyl/N-ethyl adjacent to an activating group) is 1. The third kappa shape index (κ3) is 4.57. The van der Waals surface area contributed by atoms with Gasteiger partial charge in [-0.1, -0.05) is 47.0 Å². The predicted molar refractivity (Wildman–Crippen MR) is 89.5 cm³/mol. The Bertz CT molecular complexity index is 404. The van der Waals surface area contributed by atoms with Crippen molar-refractivity contribution in [3.63, 3.8) is 0 Å². The molecule has 1 fully saturated rings. The highest BCUT2D eigenvalue weighted by Gasteiger charge is 2.22. The highest BCUT2D eigenvalue weighted by Crippen LogP contribution is 2.27. The molecule has 0 aromatic carbocycles. The molecule has 1 aromatic heterocycles. The molecule has 0 saturated heterocycles. The van der Waals surface area contributed by atoms with Gasteiger partial charge in [0, 0.05) is 18.7 Å². The maximum absolute atomic E-state index is 4.87. The summed E-state index contributed by atoms with van der Waals surface area (Å²) in [4.78, 5) is 0. The van der Waals surface area contributed by atoms with Gasteiger partial charge in [-0.2, -0.15) is 5.10 Å². The largest absolute Gasteiger partial charge is 0.314 e. The van der Waals surface area contributed by atoms with Crippen LogP contribution in [0.4, 0.5) is 0 Å². The van der Waals surface area contributed by atoms with Crippen LogP contribution in [0.15, 0.2) is 12.3 Å². The van der Waals surface area contributed by atoms with E-state index in [2.05, 4.69) is 50.0 Å². The summed E-state index contributed by atoms with van der Waals surface area (Å²) in [6, 6.07) is 3.41. The molecule has 1 aromatic rings. The molecule has 0 spiro atoms. The smallest absolute Gasteiger partial charge is 0.0640 e. The van der Waals surface area contributed by atoms with E-state index >= 15 is 0 Å². The van der Waals surface area contributed by atoms with Crippen LogP contribution in [0.5, 0.6) is 0 Å². The molecular weight excluding hydrogens is 258 g/mol. The maximum Gasteiger partial charge on any atom is 0.0640 e. The Hall–Kier alpha value is -0.830. The fourth-order valence-corrected chi connectivity index (χ4v) is 3.43. The van der Waals surface area contributed by atoms with Crippen LogP contribution in [0.2, 0.25) is 0 Å². The average Bonchev–Trinajstić information content (AvgIpc) is 2.95. The quantitative estimate of drug-likeness (QED) is 0.816. The first-order valence-corrected chi connectivity index (χ1v) is 8.89. The van der Waals surface area contributed by atoms with Gasteiger partial charge in [-0.3, -0.25) is 4.68 Å². The second-order valence-corrected chi connectivity index (χ2v) is 7.05. The Morgan fingerprint density at radius 1 is 1.24 bits per heavy atom. The highest BCUT2D eigenvalue weighted by molar-refractivity contribution is 5.03. The summed E-state index contributed by atoms with van der Waals surface area (Å²) in [6.45, 7) is 10.2. The first-order chi connectivity index (χ1) is 10.1. The molecule has 120 valence electrons. The van der Waals surface area contributed by atoms with Gasteiger partial charge in [0.25, 0.3) is 0 Å². The summed E-state index contributed by atoms with van der Waals surface area (Å²) in [6.07, 6.45) is 10.00. The topological polar surface area (TPSA) is 29.9 Å². The van der Waals surface area contributed by atoms with E-state index in [1.54, 1.807) is 0 Å². The molecule has 2 rings (SSSR count). The van der Waals surface area contributed by atoms with E-state index in [0.29, 0.717) is 23.9 Å². The van der Waals surface area contributed by atoms with Crippen molar-refractivity contribution < 1.29 is 0 Å². The molecule has 1 N–H and O–H groups in total. The SMILES string of the molecule is CCNC(Cc1ccn(C2CCCCC2)n1)C(C)C(C)C. The van der Waals surface area contributed by atoms with Gasteiger partial charge in [0.05, 0.1) is 11.7 Å². The van der Waals surface area contributed by atoms with E-state index in [9.17, 15) is 0 Å². The molecule has 1 aliphatic rings. The van der Waals surface area contributed by atoms with Gasteiger partial charge in [-0.15, -0.1) is 0 Å². The molecule has 2 atom stereocenters. The number of hydrogen-bond donors (Lipinski definition) is 1. The van der Waals surface area contributed by atoms with Crippen LogP contribution in [-0.4, -0.2) is 22.4 Å². The summed E-state index contributed by atoms with van der Waals surface area (Å²) in [5.41, 5.74) is 1.25. The van der Waals surface area contributed by atoms with E-state index in [1.165, 1.54) is 37.8 Å². The maximum atomic E-state index is 4.87. The lowest BCUT2D eigenvalue weighted by atomic mass is 9.87. The Labute approximate surface area is 130 Å². The molecule has 0 amide bonds. The van der Waals surface area contributed by atoms with E-state index in [0.717, 1.165) is 13.0 Å². The minimum Gasteiger partial charge on any atom is -0.314 e. The predicted octanol–water partition coefficient (Wildman–Crippen LogP) is 4.20. The number of aromatic nitrogens is 2. The van der Waals surface area contributed by atoms with Crippen molar-refractivity contribution in [2.24, 2.45) is 11.8 Å². The van der Waals surface area contributed by atoms with Gasteiger partial charge >= 0.3 is 0 Å². The molecule has 1 saturated carbocycles. The molecular formula is C18H33N3. The van der Waals surface area contributed by atoms with Crippen LogP contribution >= 0.6 is 0 Å². The molecule has 3 heteroatoms. The van der Waals surface area contributed by atoms with Crippen LogP contribution in [0.3, 0.4) is 0 Å². The fourth-order valence-electron chi connectivity index (χ4n) is 3.43. The van der Waals surface area contributed by atoms with Crippen LogP contribution in [0.1, 0.15) is 71.5 Å². The van der Waals surface area contributed by atoms with Crippen LogP contribution in [0, 0.1) is 11.8 Å². The lowest BCUT2D eigenvalue weighted by Crippen LogP contribution is -2.39. The van der Waals surface area contributed by atoms with Gasteiger partial charge < -0.3 is 5.32 Å². The monoisotopic (exact) mass is 291 g/mol. The average molecular weight is 291 g/mol. The van der Waals surface area contributed by atoms with Crippen LogP contribution in [0.25, 0.3) is 0 Å². The lowest BCUT2D eigenvalue weighted by molar-refractivity contribution is 0.295. The standard InChI is InChI=1S/C18H33N3/c1-5-19-18(15(4)14(2)3)13-16-11-12-21(20-16)17-9-7-6-8-10-17/h11-12,14-15,17-19H,5-10,13H2,1-4H3. The fraction of sp³-hybridized carbons (Fsp3) is 0.833. The zero-order valence-corrected chi connectivity index (χ0v) is 14.3. The van der Waals surface area contributed by atoms with Crippen LogP contribution in [-0.2, 0) is 6.42 Å². The van der Waals surface area contributed by atoms with Crippen molar-refractivity contribution in [2.45, 2.75) is 78.3 Å². The van der Waals surface area contributed by atoms with Gasteiger partial charge in [0.2, 0.25) is 0 Å². The normalized spacial score (nSPS) is 19.9. The summed E-state index contributed by atoms with van der Waals surface area (Å²) in [5, 5.41) is 8.53. The summed E-state index contributed by atoms with van der Waals surface area (Å²) < 4.78 is 2.23. The van der Waals surface area contributed by atoms with E-state index in [1.807, 2.05) is 0 Å². The number of nitrogens with zero attached hydrogens (tertiary/aromatic N) is 2. The lowest BCUT2D eigenvalue weighted by Gasteiger charge is -2.27. The van der Waals surface area contributed by atoms with Crippen molar-refractivity contribution in [3.05, 3.63) is 18.0 Å². The number of rotatable bonds is 7. The second-order valence-electron chi connectivity index (χ2n) is 7.05. The van der Waals surface area contributed by atoms with E-state index in [4.69, 9.17) is 5.10 Å². The zero-order valence-electron chi connectivity index (χ0n) is 14.3. The Kier molecular flexibility index (Phi) is 6.28. The van der Waals surface area contributed by atoms with Crippen molar-refractivity contribution in [1.82, 2.24) is 15.1 Å². The molecule has 1 aliphatic carbocycles. The highest BCUT2D eigenvalue weighted by atomic mass is 15.3. The molecule has 21 heavy (non-hydrogen) atoms. The zero-order chi connectivity index (χ0) is 15.2. The van der Waals surface area contributed by atoms with Crippen molar-refractivity contribution in [2.75, 3.05) is 6.54 Å². The Morgan fingerprint density at radius 2 is 1.95 bits per heavy atom. The number of hydrogen-bond acceptors (Lipinski definition) is 2. The van der Waals surface area contributed by atoms with Gasteiger partial charge in [-0.05, 0) is 37.3 Å². The molecule has 0 radical (unpaired) electrons. The second kappa shape index (κ2) is 7.98. The summed E-state index contributed by atoms with van der Waals surface area (Å²) >= 11 is 0. The van der Waals surface area contributed by atoms with Gasteiger partial charge in [-0.25, -0.2) is 0 Å². The van der Waals surface area contributed by atoms with Gasteiger partial charge in [0.15, 0.2) is 0 Å². The first kappa shape index (κ1) is 16.5. The summed E-state index contributed by atoms with van der Waals surface area (Å²) in [7, 11) is 0. The third-order valence-corrected chi connectivity index (χ3v) is 5.19. The molecule has 0 bridgehead atoms. The van der Waals surface area contributed by atoms with Crippen molar-refractivity contribution in [3.8, 4) is 0 Å². The number of nitrogens with one attached hydrogen (secondary N) is 1. The van der Waals surface area contributed by atoms with E-state index < -0.39 is 0 Å². The third-order valence-electron chi connectivity index (χ3n) is 5.19. The molecule has 2 unspecified atom stereocenters. The molecule has 0 aliphatic heterocycles. The molecule has 1 heterocycles. The van der Waals surface area contributed by atoms with Gasteiger partial charge in [0.1, 0.15) is 0 Å². The Balaban J connectivity index is 1.98. The minimum atomic E-state index is 0.532. The molecule has 3 nitrogen and oxygen atoms in total. The summed E-state index contributed by atoms with van der Waals surface area (Å²) in [5.74, 6) is 1.37. The minimum absolute atomic E-state index is 0.532. The van der Waals surface area contributed by atoms with E-state index in [-0.39, 0.29) is 0 Å². The Morgan fingerprint density at radius 3 is 2.57 bits per heavy atom. The first-order valence-electron chi connectivity index (χ1n) is 8.89. The van der Waals surface area contributed by atoms with Crippen molar-refractivity contribution >= 4 is 0 Å².